The van der Waals surface area contributed by atoms with Crippen molar-refractivity contribution in [3.8, 4) is 23.1 Å². The number of alkyl halides is 3. The van der Waals surface area contributed by atoms with Crippen LogP contribution < -0.4 is 4.74 Å². The summed E-state index contributed by atoms with van der Waals surface area (Å²) in [6, 6.07) is 9.47. The zero-order chi connectivity index (χ0) is 20.6. The number of thioether (sulfide) groups is 1. The molecule has 0 saturated heterocycles. The number of pyridine rings is 1. The van der Waals surface area contributed by atoms with Gasteiger partial charge in [0.2, 0.25) is 0 Å². The van der Waals surface area contributed by atoms with E-state index in [1.165, 1.54) is 11.8 Å². The number of halogens is 3. The smallest absolute Gasteiger partial charge is 0.417 e. The molecule has 0 fully saturated rings. The molecule has 1 aromatic heterocycles. The molecular weight excluding hydrogens is 385 g/mol. The number of rotatable bonds is 9. The number of hydrogen-bond acceptors (Lipinski definition) is 4. The SMILES string of the molecule is CCCCOc1ccc(-c2cc(C(F)(F)F)c(C#N)c(SCCCC)n2)cc1. The van der Waals surface area contributed by atoms with Crippen LogP contribution in [0.3, 0.4) is 0 Å². The Kier molecular flexibility index (Phi) is 8.18. The van der Waals surface area contributed by atoms with E-state index in [0.29, 0.717) is 23.7 Å². The lowest BCUT2D eigenvalue weighted by molar-refractivity contribution is -0.138. The first kappa shape index (κ1) is 22.1. The lowest BCUT2D eigenvalue weighted by atomic mass is 10.1. The van der Waals surface area contributed by atoms with E-state index in [4.69, 9.17) is 4.74 Å². The van der Waals surface area contributed by atoms with Crippen molar-refractivity contribution in [2.24, 2.45) is 0 Å². The van der Waals surface area contributed by atoms with E-state index in [-0.39, 0.29) is 10.7 Å². The van der Waals surface area contributed by atoms with Crippen LogP contribution in [-0.2, 0) is 6.18 Å². The Labute approximate surface area is 167 Å². The van der Waals surface area contributed by atoms with Gasteiger partial charge in [0.05, 0.1) is 23.4 Å². The maximum absolute atomic E-state index is 13.5. The largest absolute Gasteiger partial charge is 0.494 e. The molecule has 0 radical (unpaired) electrons. The van der Waals surface area contributed by atoms with Crippen molar-refractivity contribution in [3.63, 3.8) is 0 Å². The molecular formula is C21H23F3N2OS. The topological polar surface area (TPSA) is 45.9 Å². The molecule has 0 amide bonds. The Morgan fingerprint density at radius 1 is 1.11 bits per heavy atom. The summed E-state index contributed by atoms with van der Waals surface area (Å²) in [5, 5.41) is 9.43. The average molecular weight is 408 g/mol. The zero-order valence-electron chi connectivity index (χ0n) is 16.0. The summed E-state index contributed by atoms with van der Waals surface area (Å²) in [6.07, 6.45) is -0.906. The fourth-order valence-corrected chi connectivity index (χ4v) is 3.56. The van der Waals surface area contributed by atoms with Crippen LogP contribution in [0, 0.1) is 11.3 Å². The summed E-state index contributed by atoms with van der Waals surface area (Å²) in [4.78, 5) is 4.36. The van der Waals surface area contributed by atoms with Gasteiger partial charge in [-0.1, -0.05) is 26.7 Å². The van der Waals surface area contributed by atoms with Crippen molar-refractivity contribution in [3.05, 3.63) is 41.5 Å². The summed E-state index contributed by atoms with van der Waals surface area (Å²) in [6.45, 7) is 4.67. The van der Waals surface area contributed by atoms with Gasteiger partial charge in [0, 0.05) is 5.56 Å². The maximum Gasteiger partial charge on any atom is 0.417 e. The first-order chi connectivity index (χ1) is 13.4. The minimum absolute atomic E-state index is 0.129. The number of benzene rings is 1. The molecule has 0 saturated carbocycles. The predicted molar refractivity (Wildman–Crippen MR) is 105 cm³/mol. The van der Waals surface area contributed by atoms with Gasteiger partial charge in [0.25, 0.3) is 0 Å². The van der Waals surface area contributed by atoms with Gasteiger partial charge in [-0.2, -0.15) is 18.4 Å². The van der Waals surface area contributed by atoms with Crippen LogP contribution in [0.4, 0.5) is 13.2 Å². The molecule has 0 spiro atoms. The lowest BCUT2D eigenvalue weighted by Crippen LogP contribution is -2.10. The Hall–Kier alpha value is -2.20. The van der Waals surface area contributed by atoms with Gasteiger partial charge in [0.1, 0.15) is 16.8 Å². The van der Waals surface area contributed by atoms with Crippen LogP contribution in [0.2, 0.25) is 0 Å². The summed E-state index contributed by atoms with van der Waals surface area (Å²) in [7, 11) is 0. The summed E-state index contributed by atoms with van der Waals surface area (Å²) in [5.41, 5.74) is -0.597. The Morgan fingerprint density at radius 3 is 2.36 bits per heavy atom. The highest BCUT2D eigenvalue weighted by atomic mass is 32.2. The van der Waals surface area contributed by atoms with Crippen molar-refractivity contribution in [2.45, 2.75) is 50.7 Å². The monoisotopic (exact) mass is 408 g/mol. The number of hydrogen-bond donors (Lipinski definition) is 0. The molecule has 0 aliphatic heterocycles. The molecule has 0 atom stereocenters. The van der Waals surface area contributed by atoms with Gasteiger partial charge in [-0.15, -0.1) is 11.8 Å². The van der Waals surface area contributed by atoms with Crippen LogP contribution in [0.1, 0.15) is 50.7 Å². The highest BCUT2D eigenvalue weighted by molar-refractivity contribution is 7.99. The van der Waals surface area contributed by atoms with E-state index >= 15 is 0 Å². The van der Waals surface area contributed by atoms with Gasteiger partial charge in [-0.3, -0.25) is 0 Å². The Morgan fingerprint density at radius 2 is 1.79 bits per heavy atom. The second-order valence-electron chi connectivity index (χ2n) is 6.27. The van der Waals surface area contributed by atoms with Crippen molar-refractivity contribution in [1.82, 2.24) is 4.98 Å². The summed E-state index contributed by atoms with van der Waals surface area (Å²) in [5.74, 6) is 1.28. The first-order valence-corrected chi connectivity index (χ1v) is 10.3. The van der Waals surface area contributed by atoms with Crippen LogP contribution in [0.5, 0.6) is 5.75 Å². The van der Waals surface area contributed by atoms with Gasteiger partial charge in [-0.25, -0.2) is 4.98 Å². The Bertz CT molecular complexity index is 814. The number of aromatic nitrogens is 1. The quantitative estimate of drug-likeness (QED) is 0.342. The van der Waals surface area contributed by atoms with E-state index in [2.05, 4.69) is 11.9 Å². The highest BCUT2D eigenvalue weighted by Crippen LogP contribution is 2.38. The van der Waals surface area contributed by atoms with Crippen molar-refractivity contribution >= 4 is 11.8 Å². The molecule has 2 rings (SSSR count). The molecule has 3 nitrogen and oxygen atoms in total. The first-order valence-electron chi connectivity index (χ1n) is 9.29. The van der Waals surface area contributed by atoms with E-state index < -0.39 is 17.3 Å². The molecule has 1 aromatic carbocycles. The molecule has 0 aliphatic rings. The fourth-order valence-electron chi connectivity index (χ4n) is 2.48. The number of ether oxygens (including phenoxy) is 1. The molecule has 0 bridgehead atoms. The number of nitriles is 1. The number of nitrogens with zero attached hydrogens (tertiary/aromatic N) is 2. The normalized spacial score (nSPS) is 11.3. The zero-order valence-corrected chi connectivity index (χ0v) is 16.8. The molecule has 150 valence electrons. The third kappa shape index (κ3) is 5.90. The van der Waals surface area contributed by atoms with Crippen LogP contribution in [-0.4, -0.2) is 17.3 Å². The van der Waals surface area contributed by atoms with E-state index in [1.807, 2.05) is 6.92 Å². The van der Waals surface area contributed by atoms with E-state index in [9.17, 15) is 18.4 Å². The van der Waals surface area contributed by atoms with E-state index in [1.54, 1.807) is 30.3 Å². The van der Waals surface area contributed by atoms with Gasteiger partial charge < -0.3 is 4.74 Å². The molecule has 0 N–H and O–H groups in total. The van der Waals surface area contributed by atoms with Crippen molar-refractivity contribution in [1.29, 1.82) is 5.26 Å². The predicted octanol–water partition coefficient (Wildman–Crippen LogP) is 6.71. The van der Waals surface area contributed by atoms with Gasteiger partial charge in [-0.05, 0) is 48.9 Å². The minimum Gasteiger partial charge on any atom is -0.494 e. The highest BCUT2D eigenvalue weighted by Gasteiger charge is 2.36. The molecule has 7 heteroatoms. The van der Waals surface area contributed by atoms with Crippen LogP contribution >= 0.6 is 11.8 Å². The molecule has 28 heavy (non-hydrogen) atoms. The van der Waals surface area contributed by atoms with Crippen LogP contribution in [0.15, 0.2) is 35.4 Å². The summed E-state index contributed by atoms with van der Waals surface area (Å²) >= 11 is 1.19. The van der Waals surface area contributed by atoms with Crippen molar-refractivity contribution < 1.29 is 17.9 Å². The third-order valence-corrected chi connectivity index (χ3v) is 5.12. The van der Waals surface area contributed by atoms with E-state index in [0.717, 1.165) is 31.7 Å². The minimum atomic E-state index is -4.62. The fraction of sp³-hybridized carbons (Fsp3) is 0.429. The van der Waals surface area contributed by atoms with Crippen molar-refractivity contribution in [2.75, 3.05) is 12.4 Å². The van der Waals surface area contributed by atoms with Crippen LogP contribution in [0.25, 0.3) is 11.3 Å². The maximum atomic E-state index is 13.5. The molecule has 0 aliphatic carbocycles. The second-order valence-corrected chi connectivity index (χ2v) is 7.36. The molecule has 2 aromatic rings. The molecule has 0 unspecified atom stereocenters. The second kappa shape index (κ2) is 10.4. The molecule has 1 heterocycles. The average Bonchev–Trinajstić information content (AvgIpc) is 2.67. The van der Waals surface area contributed by atoms with Gasteiger partial charge in [0.15, 0.2) is 0 Å². The van der Waals surface area contributed by atoms with Gasteiger partial charge >= 0.3 is 6.18 Å². The summed E-state index contributed by atoms with van der Waals surface area (Å²) < 4.78 is 46.2. The third-order valence-electron chi connectivity index (χ3n) is 4.06. The standard InChI is InChI=1S/C21H23F3N2OS/c1-3-5-11-27-16-9-7-15(8-10-16)19-13-18(21(22,23)24)17(14-25)20(26-19)28-12-6-4-2/h7-10,13H,3-6,11-12H2,1-2H3. The lowest BCUT2D eigenvalue weighted by Gasteiger charge is -2.14. The Balaban J connectivity index is 2.40. The number of unbranched alkanes of at least 4 members (excludes halogenated alkanes) is 2.